The number of carbonyl (C=O) groups is 1. The van der Waals surface area contributed by atoms with Gasteiger partial charge in [0.25, 0.3) is 0 Å². The van der Waals surface area contributed by atoms with Gasteiger partial charge in [-0.2, -0.15) is 8.61 Å². The molecule has 184 valence electrons. The summed E-state index contributed by atoms with van der Waals surface area (Å²) in [5.74, 6) is -0.358. The normalized spacial score (nSPS) is 21.4. The molecule has 0 aliphatic carbocycles. The molecular weight excluding hydrogens is 476 g/mol. The fourth-order valence-electron chi connectivity index (χ4n) is 4.41. The van der Waals surface area contributed by atoms with Gasteiger partial charge in [-0.15, -0.1) is 0 Å². The molecule has 0 N–H and O–H groups in total. The molecule has 0 bridgehead atoms. The predicted molar refractivity (Wildman–Crippen MR) is 128 cm³/mol. The van der Waals surface area contributed by atoms with Crippen molar-refractivity contribution in [2.45, 2.75) is 22.8 Å². The van der Waals surface area contributed by atoms with E-state index < -0.39 is 26.1 Å². The molecule has 1 amide bonds. The Morgan fingerprint density at radius 1 is 0.765 bits per heavy atom. The van der Waals surface area contributed by atoms with Crippen LogP contribution in [0.1, 0.15) is 6.92 Å². The first kappa shape index (κ1) is 24.8. The second-order valence-corrected chi connectivity index (χ2v) is 12.2. The van der Waals surface area contributed by atoms with E-state index in [0.717, 1.165) is 6.54 Å². The highest BCUT2D eigenvalue weighted by Crippen LogP contribution is 2.26. The lowest BCUT2D eigenvalue weighted by molar-refractivity contribution is -0.138. The molecular formula is C23H30N4O5S2. The molecule has 2 aliphatic heterocycles. The van der Waals surface area contributed by atoms with E-state index >= 15 is 0 Å². The van der Waals surface area contributed by atoms with E-state index in [4.69, 9.17) is 0 Å². The Morgan fingerprint density at radius 2 is 1.29 bits per heavy atom. The SMILES string of the molecule is CCN1CCN(C(=O)[C@@H]2CN(S(=O)(=O)c3ccccc3)CCN2S(=O)(=O)c2ccccc2)CC1. The maximum absolute atomic E-state index is 13.6. The summed E-state index contributed by atoms with van der Waals surface area (Å²) in [6, 6.07) is 14.8. The number of piperazine rings is 2. The van der Waals surface area contributed by atoms with Crippen molar-refractivity contribution < 1.29 is 21.6 Å². The summed E-state index contributed by atoms with van der Waals surface area (Å²) in [4.78, 5) is 17.7. The Morgan fingerprint density at radius 3 is 1.82 bits per heavy atom. The van der Waals surface area contributed by atoms with Gasteiger partial charge in [0, 0.05) is 45.8 Å². The van der Waals surface area contributed by atoms with Crippen molar-refractivity contribution >= 4 is 26.0 Å². The summed E-state index contributed by atoms with van der Waals surface area (Å²) in [5.41, 5.74) is 0. The molecule has 2 fully saturated rings. The van der Waals surface area contributed by atoms with E-state index in [1.807, 2.05) is 0 Å². The Bertz CT molecular complexity index is 1200. The zero-order chi connectivity index (χ0) is 24.3. The van der Waals surface area contributed by atoms with Crippen LogP contribution in [0.3, 0.4) is 0 Å². The molecule has 0 spiro atoms. The molecule has 2 aromatic carbocycles. The number of carbonyl (C=O) groups excluding carboxylic acids is 1. The lowest BCUT2D eigenvalue weighted by Gasteiger charge is -2.42. The zero-order valence-corrected chi connectivity index (χ0v) is 20.8. The molecule has 0 aromatic heterocycles. The third-order valence-corrected chi connectivity index (χ3v) is 10.2. The average Bonchev–Trinajstić information content (AvgIpc) is 2.89. The number of amides is 1. The highest BCUT2D eigenvalue weighted by atomic mass is 32.2. The number of nitrogens with zero attached hydrogens (tertiary/aromatic N) is 4. The van der Waals surface area contributed by atoms with Gasteiger partial charge in [-0.25, -0.2) is 16.8 Å². The maximum atomic E-state index is 13.6. The Kier molecular flexibility index (Phi) is 7.39. The van der Waals surface area contributed by atoms with Gasteiger partial charge in [-0.3, -0.25) is 4.79 Å². The van der Waals surface area contributed by atoms with Gasteiger partial charge in [-0.05, 0) is 30.8 Å². The average molecular weight is 507 g/mol. The smallest absolute Gasteiger partial charge is 0.243 e. The van der Waals surface area contributed by atoms with Crippen molar-refractivity contribution in [2.24, 2.45) is 0 Å². The molecule has 1 atom stereocenters. The highest BCUT2D eigenvalue weighted by molar-refractivity contribution is 7.89. The van der Waals surface area contributed by atoms with Gasteiger partial charge in [-0.1, -0.05) is 43.3 Å². The van der Waals surface area contributed by atoms with Crippen molar-refractivity contribution in [1.82, 2.24) is 18.4 Å². The second-order valence-electron chi connectivity index (χ2n) is 8.38. The van der Waals surface area contributed by atoms with Crippen molar-refractivity contribution in [1.29, 1.82) is 0 Å². The standard InChI is InChI=1S/C23H30N4O5S2/c1-2-24-13-15-25(16-14-24)23(28)22-19-26(33(29,30)20-9-5-3-6-10-20)17-18-27(22)34(31,32)21-11-7-4-8-12-21/h3-12,22H,2,13-19H2,1H3/t22-/m0/s1. The minimum Gasteiger partial charge on any atom is -0.339 e. The van der Waals surface area contributed by atoms with Gasteiger partial charge in [0.1, 0.15) is 6.04 Å². The third-order valence-electron chi connectivity index (χ3n) is 6.44. The molecule has 2 aliphatic rings. The summed E-state index contributed by atoms with van der Waals surface area (Å²) in [5, 5.41) is 0. The van der Waals surface area contributed by atoms with Gasteiger partial charge in [0.2, 0.25) is 26.0 Å². The molecule has 0 saturated carbocycles. The van der Waals surface area contributed by atoms with Crippen LogP contribution in [0.25, 0.3) is 0 Å². The Balaban J connectivity index is 1.65. The van der Waals surface area contributed by atoms with Crippen LogP contribution < -0.4 is 0 Å². The fraction of sp³-hybridized carbons (Fsp3) is 0.435. The first-order valence-corrected chi connectivity index (χ1v) is 14.3. The molecule has 2 saturated heterocycles. The van der Waals surface area contributed by atoms with Gasteiger partial charge >= 0.3 is 0 Å². The Hall–Kier alpha value is -2.31. The Labute approximate surface area is 201 Å². The first-order valence-electron chi connectivity index (χ1n) is 11.4. The molecule has 2 aromatic rings. The molecule has 11 heteroatoms. The molecule has 0 unspecified atom stereocenters. The molecule has 34 heavy (non-hydrogen) atoms. The van der Waals surface area contributed by atoms with Crippen LogP contribution in [-0.4, -0.2) is 99.6 Å². The zero-order valence-electron chi connectivity index (χ0n) is 19.2. The number of rotatable bonds is 6. The van der Waals surface area contributed by atoms with E-state index in [1.165, 1.54) is 32.9 Å². The number of hydrogen-bond donors (Lipinski definition) is 0. The van der Waals surface area contributed by atoms with Crippen molar-refractivity contribution in [3.63, 3.8) is 0 Å². The molecule has 4 rings (SSSR count). The minimum absolute atomic E-state index is 0.0311. The highest BCUT2D eigenvalue weighted by Gasteiger charge is 2.45. The number of hydrogen-bond acceptors (Lipinski definition) is 6. The van der Waals surface area contributed by atoms with Gasteiger partial charge in [0.15, 0.2) is 0 Å². The monoisotopic (exact) mass is 506 g/mol. The van der Waals surface area contributed by atoms with E-state index in [9.17, 15) is 21.6 Å². The lowest BCUT2D eigenvalue weighted by Crippen LogP contribution is -2.63. The molecule has 0 radical (unpaired) electrons. The van der Waals surface area contributed by atoms with E-state index in [-0.39, 0.29) is 35.3 Å². The summed E-state index contributed by atoms with van der Waals surface area (Å²) in [7, 11) is -7.86. The summed E-state index contributed by atoms with van der Waals surface area (Å²) in [6.45, 7) is 4.93. The summed E-state index contributed by atoms with van der Waals surface area (Å²) < 4.78 is 55.9. The molecule has 9 nitrogen and oxygen atoms in total. The third kappa shape index (κ3) is 4.89. The minimum atomic E-state index is -3.99. The lowest BCUT2D eigenvalue weighted by atomic mass is 10.2. The van der Waals surface area contributed by atoms with E-state index in [1.54, 1.807) is 41.3 Å². The van der Waals surface area contributed by atoms with Gasteiger partial charge in [0.05, 0.1) is 9.79 Å². The summed E-state index contributed by atoms with van der Waals surface area (Å²) >= 11 is 0. The van der Waals surface area contributed by atoms with Crippen LogP contribution in [0.5, 0.6) is 0 Å². The van der Waals surface area contributed by atoms with Crippen molar-refractivity contribution in [2.75, 3.05) is 52.4 Å². The van der Waals surface area contributed by atoms with Crippen LogP contribution in [0, 0.1) is 0 Å². The first-order chi connectivity index (χ1) is 16.2. The van der Waals surface area contributed by atoms with Crippen LogP contribution in [0.2, 0.25) is 0 Å². The number of sulfonamides is 2. The quantitative estimate of drug-likeness (QED) is 0.578. The topological polar surface area (TPSA) is 98.3 Å². The predicted octanol–water partition coefficient (Wildman–Crippen LogP) is 0.915. The maximum Gasteiger partial charge on any atom is 0.243 e. The van der Waals surface area contributed by atoms with Crippen LogP contribution >= 0.6 is 0 Å². The number of likely N-dealkylation sites (N-methyl/N-ethyl adjacent to an activating group) is 1. The second kappa shape index (κ2) is 10.1. The largest absolute Gasteiger partial charge is 0.339 e. The fourth-order valence-corrected chi connectivity index (χ4v) is 7.46. The van der Waals surface area contributed by atoms with Crippen LogP contribution in [0.15, 0.2) is 70.5 Å². The summed E-state index contributed by atoms with van der Waals surface area (Å²) in [6.07, 6.45) is 0. The van der Waals surface area contributed by atoms with E-state index in [0.29, 0.717) is 26.2 Å². The van der Waals surface area contributed by atoms with Crippen molar-refractivity contribution in [3.05, 3.63) is 60.7 Å². The molecule has 2 heterocycles. The van der Waals surface area contributed by atoms with E-state index in [2.05, 4.69) is 11.8 Å². The van der Waals surface area contributed by atoms with Crippen LogP contribution in [0.4, 0.5) is 0 Å². The van der Waals surface area contributed by atoms with Gasteiger partial charge < -0.3 is 9.80 Å². The number of benzene rings is 2. The van der Waals surface area contributed by atoms with Crippen LogP contribution in [-0.2, 0) is 24.8 Å². The van der Waals surface area contributed by atoms with Crippen molar-refractivity contribution in [3.8, 4) is 0 Å².